The number of aromatic nitrogens is 4. The number of hydrogen-bond acceptors (Lipinski definition) is 8. The molecule has 0 aliphatic rings. The van der Waals surface area contributed by atoms with Crippen molar-refractivity contribution in [3.63, 3.8) is 0 Å². The van der Waals surface area contributed by atoms with Crippen LogP contribution in [-0.4, -0.2) is 46.9 Å². The summed E-state index contributed by atoms with van der Waals surface area (Å²) >= 11 is 0. The summed E-state index contributed by atoms with van der Waals surface area (Å²) in [5, 5.41) is 3.36. The molecule has 4 rings (SSSR count). The molecule has 4 aromatic rings. The number of H-pyrrole nitrogens is 2. The molecule has 0 radical (unpaired) electrons. The first-order valence-corrected chi connectivity index (χ1v) is 10.8. The van der Waals surface area contributed by atoms with Gasteiger partial charge >= 0.3 is 0 Å². The molecule has 176 valence electrons. The van der Waals surface area contributed by atoms with Crippen LogP contribution in [0.5, 0.6) is 11.5 Å². The second-order valence-corrected chi connectivity index (χ2v) is 7.59. The molecule has 0 fully saturated rings. The van der Waals surface area contributed by atoms with Gasteiger partial charge in [0.05, 0.1) is 54.1 Å². The Kier molecular flexibility index (Phi) is 6.48. The number of anilines is 2. The predicted molar refractivity (Wildman–Crippen MR) is 134 cm³/mol. The van der Waals surface area contributed by atoms with Gasteiger partial charge in [0.1, 0.15) is 11.4 Å². The number of aromatic amines is 2. The fraction of sp³-hybridized carbons (Fsp3) is 0.250. The average Bonchev–Trinajstić information content (AvgIpc) is 3.26. The minimum Gasteiger partial charge on any atom is -0.493 e. The highest BCUT2D eigenvalue weighted by Gasteiger charge is 2.22. The zero-order valence-corrected chi connectivity index (χ0v) is 19.5. The molecule has 0 bridgehead atoms. The van der Waals surface area contributed by atoms with E-state index in [-0.39, 0.29) is 17.2 Å². The number of methoxy groups -OCH3 is 2. The van der Waals surface area contributed by atoms with Gasteiger partial charge in [0, 0.05) is 31.1 Å². The first-order chi connectivity index (χ1) is 16.5. The van der Waals surface area contributed by atoms with Crippen molar-refractivity contribution >= 4 is 28.6 Å². The Bertz CT molecular complexity index is 1350. The Labute approximate surface area is 196 Å². The number of nitrogens with one attached hydrogen (secondary N) is 3. The average molecular weight is 462 g/mol. The number of benzene rings is 1. The largest absolute Gasteiger partial charge is 0.493 e. The van der Waals surface area contributed by atoms with Crippen LogP contribution in [0.2, 0.25) is 0 Å². The number of fused-ring (bicyclic) bond motifs is 1. The third kappa shape index (κ3) is 4.29. The van der Waals surface area contributed by atoms with E-state index in [1.165, 1.54) is 0 Å². The van der Waals surface area contributed by atoms with Crippen molar-refractivity contribution in [2.75, 3.05) is 31.8 Å². The van der Waals surface area contributed by atoms with Crippen LogP contribution < -0.4 is 26.1 Å². The number of ether oxygens (including phenoxy) is 2. The molecule has 0 aliphatic carbocycles. The number of nitrogen functional groups attached to an aromatic ring is 1. The van der Waals surface area contributed by atoms with Crippen molar-refractivity contribution in [1.82, 2.24) is 19.9 Å². The Morgan fingerprint density at radius 3 is 2.65 bits per heavy atom. The maximum Gasteiger partial charge on any atom is 0.261 e. The van der Waals surface area contributed by atoms with Gasteiger partial charge in [-0.05, 0) is 26.0 Å². The molecule has 0 saturated carbocycles. The van der Waals surface area contributed by atoms with Gasteiger partial charge in [-0.1, -0.05) is 6.07 Å². The van der Waals surface area contributed by atoms with E-state index in [2.05, 4.69) is 30.2 Å². The van der Waals surface area contributed by atoms with Crippen LogP contribution in [0.25, 0.3) is 22.4 Å². The van der Waals surface area contributed by atoms with Gasteiger partial charge in [-0.2, -0.15) is 0 Å². The smallest absolute Gasteiger partial charge is 0.261 e. The molecule has 0 unspecified atom stereocenters. The van der Waals surface area contributed by atoms with Crippen LogP contribution >= 0.6 is 0 Å². The normalized spacial score (nSPS) is 12.2. The monoisotopic (exact) mass is 461 g/mol. The summed E-state index contributed by atoms with van der Waals surface area (Å²) in [4.78, 5) is 32.6. The van der Waals surface area contributed by atoms with Crippen molar-refractivity contribution < 1.29 is 9.47 Å². The highest BCUT2D eigenvalue weighted by molar-refractivity contribution is 5.95. The molecule has 0 aliphatic heterocycles. The van der Waals surface area contributed by atoms with Crippen LogP contribution in [0.3, 0.4) is 0 Å². The molecule has 0 spiro atoms. The molecule has 5 N–H and O–H groups in total. The minimum absolute atomic E-state index is 0.232. The third-order valence-corrected chi connectivity index (χ3v) is 5.40. The zero-order valence-electron chi connectivity index (χ0n) is 19.5. The summed E-state index contributed by atoms with van der Waals surface area (Å²) in [6.45, 7) is 4.41. The molecule has 1 aromatic carbocycles. The SMILES string of the molecule is CCN=Cc1[nH]c(=O)c(-c2nc3cc(OC)c(OC)cc3[nH]2)c(N[C@@H](C)c2ccccn2)c1N. The van der Waals surface area contributed by atoms with Gasteiger partial charge in [0.2, 0.25) is 0 Å². The van der Waals surface area contributed by atoms with Gasteiger partial charge in [0.25, 0.3) is 5.56 Å². The van der Waals surface area contributed by atoms with Crippen molar-refractivity contribution in [1.29, 1.82) is 0 Å². The van der Waals surface area contributed by atoms with E-state index in [0.717, 1.165) is 5.69 Å². The van der Waals surface area contributed by atoms with Crippen LogP contribution in [0.1, 0.15) is 31.3 Å². The fourth-order valence-corrected chi connectivity index (χ4v) is 3.67. The van der Waals surface area contributed by atoms with Crippen LogP contribution in [0, 0.1) is 0 Å². The Balaban J connectivity index is 1.90. The summed E-state index contributed by atoms with van der Waals surface area (Å²) in [5.74, 6) is 1.44. The summed E-state index contributed by atoms with van der Waals surface area (Å²) in [6, 6.07) is 8.94. The van der Waals surface area contributed by atoms with Gasteiger partial charge < -0.3 is 30.5 Å². The minimum atomic E-state index is -0.361. The summed E-state index contributed by atoms with van der Waals surface area (Å²) in [5.41, 5.74) is 9.76. The molecular formula is C24H27N7O3. The lowest BCUT2D eigenvalue weighted by Crippen LogP contribution is -2.20. The highest BCUT2D eigenvalue weighted by atomic mass is 16.5. The van der Waals surface area contributed by atoms with Gasteiger partial charge in [0.15, 0.2) is 11.5 Å². The zero-order chi connectivity index (χ0) is 24.2. The van der Waals surface area contributed by atoms with E-state index in [4.69, 9.17) is 15.2 Å². The number of pyridine rings is 2. The lowest BCUT2D eigenvalue weighted by Gasteiger charge is -2.19. The second kappa shape index (κ2) is 9.65. The van der Waals surface area contributed by atoms with Crippen LogP contribution in [-0.2, 0) is 0 Å². The van der Waals surface area contributed by atoms with Crippen LogP contribution in [0.15, 0.2) is 46.3 Å². The van der Waals surface area contributed by atoms with E-state index < -0.39 is 0 Å². The molecule has 0 saturated heterocycles. The van der Waals surface area contributed by atoms with Crippen LogP contribution in [0.4, 0.5) is 11.4 Å². The van der Waals surface area contributed by atoms with E-state index in [1.54, 1.807) is 38.8 Å². The molecular weight excluding hydrogens is 434 g/mol. The Morgan fingerprint density at radius 1 is 1.21 bits per heavy atom. The quantitative estimate of drug-likeness (QED) is 0.294. The lowest BCUT2D eigenvalue weighted by atomic mass is 10.1. The standard InChI is InChI=1S/C24H27N7O3/c1-5-26-12-17-21(25)22(28-13(2)14-8-6-7-9-27-14)20(24(32)31-17)23-29-15-10-18(33-3)19(34-4)11-16(15)30-23/h6-13H,5,25H2,1-4H3,(H,29,30)(H2,28,31,32)/t13-/m0/s1. The van der Waals surface area contributed by atoms with Crippen molar-refractivity contribution in [3.05, 3.63) is 58.3 Å². The van der Waals surface area contributed by atoms with Gasteiger partial charge in [-0.3, -0.25) is 14.8 Å². The summed E-state index contributed by atoms with van der Waals surface area (Å²) in [6.07, 6.45) is 3.28. The van der Waals surface area contributed by atoms with Gasteiger partial charge in [-0.25, -0.2) is 4.98 Å². The lowest BCUT2D eigenvalue weighted by molar-refractivity contribution is 0.356. The molecule has 3 heterocycles. The topological polar surface area (TPSA) is 143 Å². The first kappa shape index (κ1) is 22.8. The number of nitrogens with two attached hydrogens (primary N) is 1. The Hall–Kier alpha value is -4.34. The second-order valence-electron chi connectivity index (χ2n) is 7.59. The highest BCUT2D eigenvalue weighted by Crippen LogP contribution is 2.36. The molecule has 34 heavy (non-hydrogen) atoms. The van der Waals surface area contributed by atoms with E-state index in [9.17, 15) is 4.79 Å². The van der Waals surface area contributed by atoms with E-state index in [0.29, 0.717) is 52.0 Å². The first-order valence-electron chi connectivity index (χ1n) is 10.8. The van der Waals surface area contributed by atoms with Gasteiger partial charge in [-0.15, -0.1) is 0 Å². The predicted octanol–water partition coefficient (Wildman–Crippen LogP) is 3.52. The van der Waals surface area contributed by atoms with E-state index in [1.807, 2.05) is 32.0 Å². The molecule has 10 heteroatoms. The van der Waals surface area contributed by atoms with Crippen molar-refractivity contribution in [2.45, 2.75) is 19.9 Å². The number of nitrogens with zero attached hydrogens (tertiary/aromatic N) is 3. The maximum absolute atomic E-state index is 13.3. The fourth-order valence-electron chi connectivity index (χ4n) is 3.67. The summed E-state index contributed by atoms with van der Waals surface area (Å²) in [7, 11) is 3.12. The number of hydrogen-bond donors (Lipinski definition) is 4. The van der Waals surface area contributed by atoms with E-state index >= 15 is 0 Å². The number of imidazole rings is 1. The third-order valence-electron chi connectivity index (χ3n) is 5.40. The maximum atomic E-state index is 13.3. The van der Waals surface area contributed by atoms with Crippen molar-refractivity contribution in [3.8, 4) is 22.9 Å². The molecule has 10 nitrogen and oxygen atoms in total. The Morgan fingerprint density at radius 2 is 1.97 bits per heavy atom. The molecule has 1 atom stereocenters. The molecule has 0 amide bonds. The molecule has 3 aromatic heterocycles. The number of rotatable bonds is 8. The summed E-state index contributed by atoms with van der Waals surface area (Å²) < 4.78 is 10.8. The van der Waals surface area contributed by atoms with Crippen molar-refractivity contribution in [2.24, 2.45) is 4.99 Å². The number of aliphatic imine (C=N–C) groups is 1.